The van der Waals surface area contributed by atoms with E-state index in [0.717, 1.165) is 15.6 Å². The highest BCUT2D eigenvalue weighted by Gasteiger charge is 2.16. The van der Waals surface area contributed by atoms with Gasteiger partial charge in [0.2, 0.25) is 11.7 Å². The topological polar surface area (TPSA) is 85.2 Å². The summed E-state index contributed by atoms with van der Waals surface area (Å²) in [4.78, 5) is 4.15. The fourth-order valence-electron chi connectivity index (χ4n) is 1.37. The Morgan fingerprint density at radius 3 is 2.94 bits per heavy atom. The molecule has 0 fully saturated rings. The number of rotatable bonds is 3. The van der Waals surface area contributed by atoms with Crippen molar-refractivity contribution in [2.24, 2.45) is 5.73 Å². The largest absolute Gasteiger partial charge is 0.394 e. The first kappa shape index (κ1) is 12.2. The Kier molecular flexibility index (Phi) is 3.56. The molecule has 2 aromatic rings. The molecule has 0 amide bonds. The van der Waals surface area contributed by atoms with Crippen LogP contribution >= 0.6 is 15.9 Å². The molecule has 17 heavy (non-hydrogen) atoms. The lowest BCUT2D eigenvalue weighted by Gasteiger charge is -2.00. The predicted molar refractivity (Wildman–Crippen MR) is 66.2 cm³/mol. The molecule has 1 aromatic carbocycles. The molecule has 0 aliphatic rings. The number of nitrogens with zero attached hydrogens (tertiary/aromatic N) is 2. The van der Waals surface area contributed by atoms with E-state index in [-0.39, 0.29) is 12.5 Å². The van der Waals surface area contributed by atoms with Crippen LogP contribution in [0.4, 0.5) is 0 Å². The van der Waals surface area contributed by atoms with E-state index in [1.165, 1.54) is 0 Å². The minimum absolute atomic E-state index is 0.225. The van der Waals surface area contributed by atoms with E-state index in [1.54, 1.807) is 0 Å². The van der Waals surface area contributed by atoms with Gasteiger partial charge in [-0.2, -0.15) is 4.98 Å². The fraction of sp³-hybridized carbons (Fsp3) is 0.273. The van der Waals surface area contributed by atoms with Crippen LogP contribution in [-0.2, 0) is 0 Å². The number of aliphatic hydroxyl groups excluding tert-OH is 1. The Labute approximate surface area is 107 Å². The zero-order valence-electron chi connectivity index (χ0n) is 9.22. The van der Waals surface area contributed by atoms with Crippen molar-refractivity contribution >= 4 is 15.9 Å². The number of aryl methyl sites for hydroxylation is 1. The summed E-state index contributed by atoms with van der Waals surface area (Å²) in [5.74, 6) is 0.686. The second-order valence-corrected chi connectivity index (χ2v) is 4.58. The first-order valence-electron chi connectivity index (χ1n) is 5.08. The van der Waals surface area contributed by atoms with Crippen molar-refractivity contribution in [2.45, 2.75) is 13.0 Å². The Morgan fingerprint density at radius 1 is 1.53 bits per heavy atom. The van der Waals surface area contributed by atoms with Crippen LogP contribution in [0.1, 0.15) is 17.5 Å². The molecule has 0 aliphatic heterocycles. The van der Waals surface area contributed by atoms with E-state index in [9.17, 15) is 0 Å². The SMILES string of the molecule is Cc1ccc(-c2noc([C@@H](N)CO)n2)c(Br)c1. The zero-order valence-corrected chi connectivity index (χ0v) is 10.8. The lowest BCUT2D eigenvalue weighted by Crippen LogP contribution is -2.14. The summed E-state index contributed by atoms with van der Waals surface area (Å²) in [6.07, 6.45) is 0. The summed E-state index contributed by atoms with van der Waals surface area (Å²) in [5, 5.41) is 12.7. The van der Waals surface area contributed by atoms with Gasteiger partial charge >= 0.3 is 0 Å². The van der Waals surface area contributed by atoms with Crippen LogP contribution in [0.2, 0.25) is 0 Å². The second-order valence-electron chi connectivity index (χ2n) is 3.73. The van der Waals surface area contributed by atoms with Gasteiger partial charge in [0.05, 0.1) is 6.61 Å². The van der Waals surface area contributed by atoms with Gasteiger partial charge in [-0.3, -0.25) is 0 Å². The summed E-state index contributed by atoms with van der Waals surface area (Å²) in [7, 11) is 0. The molecule has 1 heterocycles. The average Bonchev–Trinajstić information content (AvgIpc) is 2.77. The Hall–Kier alpha value is -1.24. The Bertz CT molecular complexity index is 527. The van der Waals surface area contributed by atoms with E-state index < -0.39 is 6.04 Å². The first-order chi connectivity index (χ1) is 8.11. The quantitative estimate of drug-likeness (QED) is 0.902. The Morgan fingerprint density at radius 2 is 2.29 bits per heavy atom. The molecule has 0 radical (unpaired) electrons. The molecule has 0 aliphatic carbocycles. The average molecular weight is 298 g/mol. The summed E-state index contributed by atoms with van der Waals surface area (Å²) in [5.41, 5.74) is 7.55. The molecule has 90 valence electrons. The monoisotopic (exact) mass is 297 g/mol. The van der Waals surface area contributed by atoms with E-state index in [4.69, 9.17) is 15.4 Å². The maximum atomic E-state index is 8.90. The third-order valence-electron chi connectivity index (χ3n) is 2.32. The fourth-order valence-corrected chi connectivity index (χ4v) is 2.05. The second kappa shape index (κ2) is 4.95. The van der Waals surface area contributed by atoms with Crippen molar-refractivity contribution in [2.75, 3.05) is 6.61 Å². The van der Waals surface area contributed by atoms with Crippen LogP contribution in [0.5, 0.6) is 0 Å². The summed E-state index contributed by atoms with van der Waals surface area (Å²) >= 11 is 3.44. The van der Waals surface area contributed by atoms with Gasteiger partial charge in [-0.05, 0) is 24.6 Å². The number of benzene rings is 1. The van der Waals surface area contributed by atoms with Crippen LogP contribution in [0.15, 0.2) is 27.2 Å². The normalized spacial score (nSPS) is 12.7. The van der Waals surface area contributed by atoms with E-state index in [1.807, 2.05) is 25.1 Å². The van der Waals surface area contributed by atoms with Crippen molar-refractivity contribution in [1.29, 1.82) is 0 Å². The van der Waals surface area contributed by atoms with Crippen molar-refractivity contribution < 1.29 is 9.63 Å². The van der Waals surface area contributed by atoms with Gasteiger partial charge in [-0.15, -0.1) is 0 Å². The number of halogens is 1. The van der Waals surface area contributed by atoms with Gasteiger partial charge in [-0.1, -0.05) is 27.2 Å². The van der Waals surface area contributed by atoms with Crippen LogP contribution in [-0.4, -0.2) is 21.9 Å². The molecule has 0 spiro atoms. The van der Waals surface area contributed by atoms with E-state index in [2.05, 4.69) is 26.1 Å². The standard InChI is InChI=1S/C11H12BrN3O2/c1-6-2-3-7(8(12)4-6)10-14-11(17-15-10)9(13)5-16/h2-4,9,16H,5,13H2,1H3/t9-/m0/s1. The number of aliphatic hydroxyl groups is 1. The molecule has 6 heteroatoms. The highest BCUT2D eigenvalue weighted by molar-refractivity contribution is 9.10. The molecule has 0 saturated carbocycles. The molecule has 2 rings (SSSR count). The molecule has 5 nitrogen and oxygen atoms in total. The van der Waals surface area contributed by atoms with E-state index >= 15 is 0 Å². The molecule has 1 atom stereocenters. The van der Waals surface area contributed by atoms with Gasteiger partial charge in [0, 0.05) is 10.0 Å². The molecule has 0 saturated heterocycles. The van der Waals surface area contributed by atoms with Crippen LogP contribution in [0.25, 0.3) is 11.4 Å². The number of hydrogen-bond acceptors (Lipinski definition) is 5. The molecule has 0 unspecified atom stereocenters. The van der Waals surface area contributed by atoms with Gasteiger partial charge in [0.1, 0.15) is 6.04 Å². The third kappa shape index (κ3) is 2.54. The van der Waals surface area contributed by atoms with Crippen LogP contribution in [0, 0.1) is 6.92 Å². The smallest absolute Gasteiger partial charge is 0.246 e. The summed E-state index contributed by atoms with van der Waals surface area (Å²) in [6.45, 7) is 1.77. The molecule has 1 aromatic heterocycles. The van der Waals surface area contributed by atoms with Crippen LogP contribution < -0.4 is 5.73 Å². The van der Waals surface area contributed by atoms with Crippen molar-refractivity contribution in [3.63, 3.8) is 0 Å². The lowest BCUT2D eigenvalue weighted by atomic mass is 10.1. The summed E-state index contributed by atoms with van der Waals surface area (Å²) < 4.78 is 5.88. The number of aromatic nitrogens is 2. The van der Waals surface area contributed by atoms with Crippen molar-refractivity contribution in [3.05, 3.63) is 34.1 Å². The van der Waals surface area contributed by atoms with Gasteiger partial charge in [0.15, 0.2) is 0 Å². The highest BCUT2D eigenvalue weighted by Crippen LogP contribution is 2.27. The lowest BCUT2D eigenvalue weighted by molar-refractivity contribution is 0.237. The zero-order chi connectivity index (χ0) is 12.4. The predicted octanol–water partition coefficient (Wildman–Crippen LogP) is 1.80. The molecule has 3 N–H and O–H groups in total. The molecule has 0 bridgehead atoms. The maximum Gasteiger partial charge on any atom is 0.246 e. The number of hydrogen-bond donors (Lipinski definition) is 2. The highest BCUT2D eigenvalue weighted by atomic mass is 79.9. The maximum absolute atomic E-state index is 8.90. The number of nitrogens with two attached hydrogens (primary N) is 1. The molecular formula is C11H12BrN3O2. The third-order valence-corrected chi connectivity index (χ3v) is 2.98. The van der Waals surface area contributed by atoms with Gasteiger partial charge < -0.3 is 15.4 Å². The van der Waals surface area contributed by atoms with Gasteiger partial charge in [0.25, 0.3) is 0 Å². The summed E-state index contributed by atoms with van der Waals surface area (Å²) in [6, 6.07) is 5.19. The first-order valence-corrected chi connectivity index (χ1v) is 5.87. The Balaban J connectivity index is 2.37. The minimum atomic E-state index is -0.638. The van der Waals surface area contributed by atoms with Crippen molar-refractivity contribution in [1.82, 2.24) is 10.1 Å². The molecular weight excluding hydrogens is 286 g/mol. The van der Waals surface area contributed by atoms with Gasteiger partial charge in [-0.25, -0.2) is 0 Å². The van der Waals surface area contributed by atoms with E-state index in [0.29, 0.717) is 5.82 Å². The minimum Gasteiger partial charge on any atom is -0.394 e. The van der Waals surface area contributed by atoms with Crippen molar-refractivity contribution in [3.8, 4) is 11.4 Å². The van der Waals surface area contributed by atoms with Crippen LogP contribution in [0.3, 0.4) is 0 Å².